The van der Waals surface area contributed by atoms with Gasteiger partial charge in [-0.25, -0.2) is 4.98 Å². The van der Waals surface area contributed by atoms with Gasteiger partial charge in [0.25, 0.3) is 0 Å². The van der Waals surface area contributed by atoms with Gasteiger partial charge in [0, 0.05) is 6.54 Å². The minimum atomic E-state index is 0.222. The number of aryl methyl sites for hydroxylation is 1. The highest BCUT2D eigenvalue weighted by Gasteiger charge is 2.26. The van der Waals surface area contributed by atoms with Crippen LogP contribution >= 0.6 is 11.3 Å². The standard InChI is InChI=1S/C12H18N2O2S/c1-4-10-11(6-15)17-12(13-10)14-5-9(3)16-7-8(14)2/h6,8-9H,4-5,7H2,1-3H3. The first-order valence-electron chi connectivity index (χ1n) is 5.98. The van der Waals surface area contributed by atoms with Crippen molar-refractivity contribution in [2.75, 3.05) is 18.1 Å². The molecule has 4 nitrogen and oxygen atoms in total. The Hall–Kier alpha value is -0.940. The second-order valence-corrected chi connectivity index (χ2v) is 5.43. The Morgan fingerprint density at radius 3 is 2.94 bits per heavy atom. The second-order valence-electron chi connectivity index (χ2n) is 4.42. The molecule has 1 fully saturated rings. The number of thiazole rings is 1. The number of rotatable bonds is 3. The Morgan fingerprint density at radius 1 is 1.59 bits per heavy atom. The summed E-state index contributed by atoms with van der Waals surface area (Å²) >= 11 is 1.49. The number of hydrogen-bond acceptors (Lipinski definition) is 5. The third-order valence-corrected chi connectivity index (χ3v) is 4.07. The molecule has 5 heteroatoms. The molecule has 1 aromatic heterocycles. The molecule has 1 saturated heterocycles. The van der Waals surface area contributed by atoms with Crippen molar-refractivity contribution in [3.63, 3.8) is 0 Å². The normalized spacial score (nSPS) is 25.0. The molecule has 0 spiro atoms. The minimum absolute atomic E-state index is 0.222. The summed E-state index contributed by atoms with van der Waals surface area (Å²) in [5.41, 5.74) is 0.909. The number of anilines is 1. The molecular formula is C12H18N2O2S. The first kappa shape index (κ1) is 12.5. The van der Waals surface area contributed by atoms with E-state index in [2.05, 4.69) is 23.7 Å². The molecule has 0 saturated carbocycles. The average Bonchev–Trinajstić information content (AvgIpc) is 2.75. The number of nitrogens with zero attached hydrogens (tertiary/aromatic N) is 2. The summed E-state index contributed by atoms with van der Waals surface area (Å²) in [4.78, 5) is 18.5. The zero-order valence-corrected chi connectivity index (χ0v) is 11.3. The van der Waals surface area contributed by atoms with Crippen molar-refractivity contribution in [2.24, 2.45) is 0 Å². The van der Waals surface area contributed by atoms with Gasteiger partial charge >= 0.3 is 0 Å². The topological polar surface area (TPSA) is 42.4 Å². The van der Waals surface area contributed by atoms with Crippen molar-refractivity contribution >= 4 is 22.8 Å². The minimum Gasteiger partial charge on any atom is -0.375 e. The number of aromatic nitrogens is 1. The highest BCUT2D eigenvalue weighted by molar-refractivity contribution is 7.17. The lowest BCUT2D eigenvalue weighted by molar-refractivity contribution is 0.0343. The van der Waals surface area contributed by atoms with Gasteiger partial charge in [-0.05, 0) is 20.3 Å². The smallest absolute Gasteiger partial charge is 0.186 e. The van der Waals surface area contributed by atoms with Crippen molar-refractivity contribution in [3.05, 3.63) is 10.6 Å². The van der Waals surface area contributed by atoms with Crippen LogP contribution in [0.3, 0.4) is 0 Å². The Kier molecular flexibility index (Phi) is 3.79. The summed E-state index contributed by atoms with van der Waals surface area (Å²) in [6.45, 7) is 7.78. The first-order chi connectivity index (χ1) is 8.15. The van der Waals surface area contributed by atoms with E-state index in [1.807, 2.05) is 6.92 Å². The van der Waals surface area contributed by atoms with E-state index in [-0.39, 0.29) is 6.10 Å². The SMILES string of the molecule is CCc1nc(N2CC(C)OCC2C)sc1C=O. The molecule has 2 unspecified atom stereocenters. The van der Waals surface area contributed by atoms with E-state index >= 15 is 0 Å². The zero-order valence-electron chi connectivity index (χ0n) is 10.5. The second kappa shape index (κ2) is 5.14. The van der Waals surface area contributed by atoms with Crippen molar-refractivity contribution in [3.8, 4) is 0 Å². The Morgan fingerprint density at radius 2 is 2.35 bits per heavy atom. The highest BCUT2D eigenvalue weighted by Crippen LogP contribution is 2.29. The van der Waals surface area contributed by atoms with Gasteiger partial charge in [0.05, 0.1) is 29.3 Å². The summed E-state index contributed by atoms with van der Waals surface area (Å²) < 4.78 is 5.60. The maximum atomic E-state index is 11.0. The number of aldehydes is 1. The van der Waals surface area contributed by atoms with Crippen LogP contribution in [0.1, 0.15) is 36.1 Å². The van der Waals surface area contributed by atoms with Crippen LogP contribution in [0.25, 0.3) is 0 Å². The monoisotopic (exact) mass is 254 g/mol. The van der Waals surface area contributed by atoms with E-state index in [4.69, 9.17) is 4.74 Å². The number of ether oxygens (including phenoxy) is 1. The van der Waals surface area contributed by atoms with Crippen LogP contribution in [0, 0.1) is 0 Å². The molecule has 17 heavy (non-hydrogen) atoms. The van der Waals surface area contributed by atoms with Gasteiger partial charge in [0.1, 0.15) is 0 Å². The Bertz CT molecular complexity index is 405. The lowest BCUT2D eigenvalue weighted by Crippen LogP contribution is -2.47. The number of carbonyl (C=O) groups excluding carboxylic acids is 1. The van der Waals surface area contributed by atoms with E-state index in [0.29, 0.717) is 6.04 Å². The fraction of sp³-hybridized carbons (Fsp3) is 0.667. The van der Waals surface area contributed by atoms with Crippen molar-refractivity contribution in [1.82, 2.24) is 4.98 Å². The summed E-state index contributed by atoms with van der Waals surface area (Å²) in [5, 5.41) is 0.951. The van der Waals surface area contributed by atoms with E-state index in [1.165, 1.54) is 11.3 Å². The van der Waals surface area contributed by atoms with Crippen LogP contribution in [0.2, 0.25) is 0 Å². The van der Waals surface area contributed by atoms with Gasteiger partial charge in [-0.3, -0.25) is 4.79 Å². The molecule has 0 aliphatic carbocycles. The maximum absolute atomic E-state index is 11.0. The molecule has 0 N–H and O–H groups in total. The summed E-state index contributed by atoms with van der Waals surface area (Å²) in [6.07, 6.45) is 1.94. The molecule has 0 radical (unpaired) electrons. The third-order valence-electron chi connectivity index (χ3n) is 3.01. The number of hydrogen-bond donors (Lipinski definition) is 0. The fourth-order valence-electron chi connectivity index (χ4n) is 1.99. The lowest BCUT2D eigenvalue weighted by Gasteiger charge is -2.36. The summed E-state index contributed by atoms with van der Waals surface area (Å²) in [7, 11) is 0. The number of carbonyl (C=O) groups is 1. The molecule has 0 bridgehead atoms. The largest absolute Gasteiger partial charge is 0.375 e. The van der Waals surface area contributed by atoms with Crippen LogP contribution in [-0.4, -0.2) is 36.6 Å². The van der Waals surface area contributed by atoms with Gasteiger partial charge in [-0.2, -0.15) is 0 Å². The molecule has 1 aromatic rings. The first-order valence-corrected chi connectivity index (χ1v) is 6.80. The van der Waals surface area contributed by atoms with Crippen LogP contribution in [-0.2, 0) is 11.2 Å². The average molecular weight is 254 g/mol. The van der Waals surface area contributed by atoms with Gasteiger partial charge in [0.15, 0.2) is 11.4 Å². The molecule has 0 aromatic carbocycles. The van der Waals surface area contributed by atoms with Crippen molar-refractivity contribution in [1.29, 1.82) is 0 Å². The maximum Gasteiger partial charge on any atom is 0.186 e. The quantitative estimate of drug-likeness (QED) is 0.775. The molecular weight excluding hydrogens is 236 g/mol. The fourth-order valence-corrected chi connectivity index (χ4v) is 3.07. The Labute approximate surface area is 106 Å². The predicted molar refractivity (Wildman–Crippen MR) is 69.1 cm³/mol. The van der Waals surface area contributed by atoms with Crippen LogP contribution in [0.4, 0.5) is 5.13 Å². The molecule has 1 aliphatic rings. The van der Waals surface area contributed by atoms with Crippen LogP contribution < -0.4 is 4.90 Å². The predicted octanol–water partition coefficient (Wildman–Crippen LogP) is 2.13. The van der Waals surface area contributed by atoms with E-state index in [0.717, 1.165) is 41.6 Å². The molecule has 94 valence electrons. The lowest BCUT2D eigenvalue weighted by atomic mass is 10.2. The third kappa shape index (κ3) is 2.50. The Balaban J connectivity index is 2.26. The van der Waals surface area contributed by atoms with Crippen molar-refractivity contribution < 1.29 is 9.53 Å². The van der Waals surface area contributed by atoms with Crippen molar-refractivity contribution in [2.45, 2.75) is 39.3 Å². The molecule has 1 aliphatic heterocycles. The van der Waals surface area contributed by atoms with E-state index < -0.39 is 0 Å². The summed E-state index contributed by atoms with van der Waals surface area (Å²) in [6, 6.07) is 0.321. The van der Waals surface area contributed by atoms with E-state index in [1.54, 1.807) is 0 Å². The number of morpholine rings is 1. The van der Waals surface area contributed by atoms with E-state index in [9.17, 15) is 4.79 Å². The zero-order chi connectivity index (χ0) is 12.4. The highest BCUT2D eigenvalue weighted by atomic mass is 32.1. The van der Waals surface area contributed by atoms with Gasteiger partial charge in [0.2, 0.25) is 0 Å². The van der Waals surface area contributed by atoms with Gasteiger partial charge in [-0.1, -0.05) is 18.3 Å². The summed E-state index contributed by atoms with van der Waals surface area (Å²) in [5.74, 6) is 0. The van der Waals surface area contributed by atoms with Gasteiger partial charge < -0.3 is 9.64 Å². The molecule has 2 heterocycles. The van der Waals surface area contributed by atoms with Crippen LogP contribution in [0.15, 0.2) is 0 Å². The van der Waals surface area contributed by atoms with Gasteiger partial charge in [-0.15, -0.1) is 0 Å². The molecule has 2 rings (SSSR count). The van der Waals surface area contributed by atoms with Crippen LogP contribution in [0.5, 0.6) is 0 Å². The molecule has 2 atom stereocenters. The molecule has 0 amide bonds.